The van der Waals surface area contributed by atoms with Crippen molar-refractivity contribution in [1.29, 1.82) is 0 Å². The van der Waals surface area contributed by atoms with Crippen molar-refractivity contribution in [1.82, 2.24) is 15.2 Å². The van der Waals surface area contributed by atoms with Crippen LogP contribution in [-0.4, -0.2) is 22.3 Å². The molecule has 0 aliphatic heterocycles. The van der Waals surface area contributed by atoms with E-state index in [0.717, 1.165) is 0 Å². The molecule has 0 spiro atoms. The molecule has 15 heavy (non-hydrogen) atoms. The molecule has 2 rings (SSSR count). The van der Waals surface area contributed by atoms with Gasteiger partial charge in [-0.05, 0) is 28.9 Å². The Bertz CT molecular complexity index is 579. The number of methoxy groups -OCH3 is 1. The topological polar surface area (TPSA) is 67.9 Å². The Hall–Kier alpha value is -1.43. The maximum absolute atomic E-state index is 11.5. The molecule has 2 aromatic heterocycles. The number of aryl methyl sites for hydroxylation is 1. The van der Waals surface area contributed by atoms with Crippen molar-refractivity contribution in [3.05, 3.63) is 26.6 Å². The third kappa shape index (κ3) is 1.61. The number of aromatic nitrogens is 3. The fourth-order valence-corrected chi connectivity index (χ4v) is 1.79. The van der Waals surface area contributed by atoms with Crippen LogP contribution < -0.4 is 10.3 Å². The van der Waals surface area contributed by atoms with Gasteiger partial charge in [0.15, 0.2) is 0 Å². The number of hydrogen-bond donors (Lipinski definition) is 1. The maximum atomic E-state index is 11.5. The molecule has 2 aromatic rings. The first kappa shape index (κ1) is 10.1. The highest BCUT2D eigenvalue weighted by Gasteiger charge is 2.09. The number of fused-ring (bicyclic) bond motifs is 1. The first-order chi connectivity index (χ1) is 7.13. The minimum absolute atomic E-state index is 0.258. The summed E-state index contributed by atoms with van der Waals surface area (Å²) in [6.07, 6.45) is 0. The highest BCUT2D eigenvalue weighted by Crippen LogP contribution is 2.25. The number of ether oxygens (including phenoxy) is 1. The summed E-state index contributed by atoms with van der Waals surface area (Å²) in [4.78, 5) is 15.7. The Labute approximate surface area is 93.6 Å². The predicted molar refractivity (Wildman–Crippen MR) is 59.1 cm³/mol. The molecule has 1 N–H and O–H groups in total. The Morgan fingerprint density at radius 2 is 2.27 bits per heavy atom. The quantitative estimate of drug-likeness (QED) is 0.850. The molecule has 6 heteroatoms. The van der Waals surface area contributed by atoms with Crippen LogP contribution in [0.2, 0.25) is 0 Å². The summed E-state index contributed by atoms with van der Waals surface area (Å²) < 4.78 is 5.70. The zero-order valence-corrected chi connectivity index (χ0v) is 9.75. The lowest BCUT2D eigenvalue weighted by molar-refractivity contribution is 0.396. The summed E-state index contributed by atoms with van der Waals surface area (Å²) >= 11 is 3.28. The lowest BCUT2D eigenvalue weighted by Crippen LogP contribution is -2.10. The minimum atomic E-state index is -0.258. The molecule has 0 aromatic carbocycles. The largest absolute Gasteiger partial charge is 0.480 e. The zero-order chi connectivity index (χ0) is 11.0. The number of H-pyrrole nitrogens is 1. The predicted octanol–water partition coefficient (Wildman–Crippen LogP) is 1.40. The van der Waals surface area contributed by atoms with E-state index in [4.69, 9.17) is 4.74 Å². The second-order valence-electron chi connectivity index (χ2n) is 3.01. The summed E-state index contributed by atoms with van der Waals surface area (Å²) in [7, 11) is 1.52. The average molecular weight is 270 g/mol. The summed E-state index contributed by atoms with van der Waals surface area (Å²) in [5, 5.41) is 6.74. The van der Waals surface area contributed by atoms with E-state index in [9.17, 15) is 4.79 Å². The molecule has 0 aliphatic rings. The standard InChI is InChI=1S/C9H8BrN3O2/c1-4-7-5(8(14)13-12-4)3-6(10)9(11-7)15-2/h3H,1-2H3,(H,13,14). The Kier molecular flexibility index (Phi) is 2.44. The third-order valence-corrected chi connectivity index (χ3v) is 2.62. The summed E-state index contributed by atoms with van der Waals surface area (Å²) in [6.45, 7) is 1.78. The molecule has 0 saturated heterocycles. The molecular weight excluding hydrogens is 262 g/mol. The first-order valence-corrected chi connectivity index (χ1v) is 5.02. The Morgan fingerprint density at radius 1 is 1.53 bits per heavy atom. The molecule has 0 aliphatic carbocycles. The van der Waals surface area contributed by atoms with Crippen LogP contribution in [0, 0.1) is 6.92 Å². The average Bonchev–Trinajstić information content (AvgIpc) is 2.23. The van der Waals surface area contributed by atoms with Crippen molar-refractivity contribution in [2.45, 2.75) is 6.92 Å². The van der Waals surface area contributed by atoms with Gasteiger partial charge in [-0.3, -0.25) is 4.79 Å². The van der Waals surface area contributed by atoms with Gasteiger partial charge < -0.3 is 4.74 Å². The van der Waals surface area contributed by atoms with E-state index in [2.05, 4.69) is 31.1 Å². The van der Waals surface area contributed by atoms with E-state index < -0.39 is 0 Å². The summed E-state index contributed by atoms with van der Waals surface area (Å²) in [5.74, 6) is 0.443. The van der Waals surface area contributed by atoms with Gasteiger partial charge in [0.05, 0.1) is 22.7 Å². The zero-order valence-electron chi connectivity index (χ0n) is 8.17. The van der Waals surface area contributed by atoms with Gasteiger partial charge >= 0.3 is 0 Å². The van der Waals surface area contributed by atoms with Crippen LogP contribution in [0.15, 0.2) is 15.3 Å². The fraction of sp³-hybridized carbons (Fsp3) is 0.222. The van der Waals surface area contributed by atoms with Crippen LogP contribution in [0.5, 0.6) is 5.88 Å². The number of nitrogens with one attached hydrogen (secondary N) is 1. The van der Waals surface area contributed by atoms with Crippen LogP contribution in [0.4, 0.5) is 0 Å². The van der Waals surface area contributed by atoms with Crippen LogP contribution in [0.3, 0.4) is 0 Å². The molecule has 0 saturated carbocycles. The highest BCUT2D eigenvalue weighted by atomic mass is 79.9. The van der Waals surface area contributed by atoms with Gasteiger partial charge in [0.1, 0.15) is 5.52 Å². The third-order valence-electron chi connectivity index (χ3n) is 2.05. The van der Waals surface area contributed by atoms with Gasteiger partial charge in [0.25, 0.3) is 5.56 Å². The first-order valence-electron chi connectivity index (χ1n) is 4.23. The van der Waals surface area contributed by atoms with E-state index in [-0.39, 0.29) is 5.56 Å². The fourth-order valence-electron chi connectivity index (χ4n) is 1.31. The summed E-state index contributed by atoms with van der Waals surface area (Å²) in [5.41, 5.74) is 0.959. The molecule has 5 nitrogen and oxygen atoms in total. The number of hydrogen-bond acceptors (Lipinski definition) is 4. The number of aromatic amines is 1. The Balaban J connectivity index is 2.92. The number of nitrogens with zero attached hydrogens (tertiary/aromatic N) is 2. The van der Waals surface area contributed by atoms with Crippen LogP contribution >= 0.6 is 15.9 Å². The van der Waals surface area contributed by atoms with Gasteiger partial charge in [-0.25, -0.2) is 10.1 Å². The summed E-state index contributed by atoms with van der Waals surface area (Å²) in [6, 6.07) is 1.68. The SMILES string of the molecule is COc1nc2c(C)n[nH]c(=O)c2cc1Br. The van der Waals surface area contributed by atoms with Crippen molar-refractivity contribution in [2.24, 2.45) is 0 Å². The van der Waals surface area contributed by atoms with Crippen molar-refractivity contribution in [3.63, 3.8) is 0 Å². The molecule has 0 fully saturated rings. The van der Waals surface area contributed by atoms with Crippen molar-refractivity contribution in [3.8, 4) is 5.88 Å². The second kappa shape index (κ2) is 3.62. The normalized spacial score (nSPS) is 10.6. The molecule has 0 radical (unpaired) electrons. The lowest BCUT2D eigenvalue weighted by atomic mass is 10.2. The molecular formula is C9H8BrN3O2. The highest BCUT2D eigenvalue weighted by molar-refractivity contribution is 9.10. The maximum Gasteiger partial charge on any atom is 0.273 e. The van der Waals surface area contributed by atoms with Crippen molar-refractivity contribution < 1.29 is 4.74 Å². The molecule has 0 bridgehead atoms. The van der Waals surface area contributed by atoms with Gasteiger partial charge in [-0.2, -0.15) is 5.10 Å². The van der Waals surface area contributed by atoms with Crippen LogP contribution in [0.25, 0.3) is 10.9 Å². The molecule has 0 unspecified atom stereocenters. The minimum Gasteiger partial charge on any atom is -0.480 e. The monoisotopic (exact) mass is 269 g/mol. The van der Waals surface area contributed by atoms with E-state index in [0.29, 0.717) is 26.9 Å². The van der Waals surface area contributed by atoms with E-state index in [1.807, 2.05) is 0 Å². The molecule has 78 valence electrons. The van der Waals surface area contributed by atoms with Gasteiger partial charge in [0, 0.05) is 0 Å². The molecule has 2 heterocycles. The van der Waals surface area contributed by atoms with Gasteiger partial charge in [-0.15, -0.1) is 0 Å². The molecule has 0 atom stereocenters. The number of halogens is 1. The van der Waals surface area contributed by atoms with E-state index in [1.54, 1.807) is 13.0 Å². The van der Waals surface area contributed by atoms with Crippen molar-refractivity contribution in [2.75, 3.05) is 7.11 Å². The van der Waals surface area contributed by atoms with E-state index in [1.165, 1.54) is 7.11 Å². The number of rotatable bonds is 1. The Morgan fingerprint density at radius 3 is 2.93 bits per heavy atom. The van der Waals surface area contributed by atoms with Gasteiger partial charge in [0.2, 0.25) is 5.88 Å². The van der Waals surface area contributed by atoms with Crippen molar-refractivity contribution >= 4 is 26.8 Å². The number of pyridine rings is 1. The van der Waals surface area contributed by atoms with Crippen LogP contribution in [0.1, 0.15) is 5.69 Å². The van der Waals surface area contributed by atoms with Gasteiger partial charge in [-0.1, -0.05) is 0 Å². The van der Waals surface area contributed by atoms with Crippen LogP contribution in [-0.2, 0) is 0 Å². The lowest BCUT2D eigenvalue weighted by Gasteiger charge is -2.04. The van der Waals surface area contributed by atoms with E-state index >= 15 is 0 Å². The second-order valence-corrected chi connectivity index (χ2v) is 3.87. The smallest absolute Gasteiger partial charge is 0.273 e. The molecule has 0 amide bonds.